The minimum atomic E-state index is -0.246. The second kappa shape index (κ2) is 8.48. The number of nitrogens with zero attached hydrogens (tertiary/aromatic N) is 6. The number of piperidine rings is 1. The summed E-state index contributed by atoms with van der Waals surface area (Å²) in [5, 5.41) is 14.1. The molecule has 1 aliphatic heterocycles. The average molecular weight is 411 g/mol. The van der Waals surface area contributed by atoms with Crippen LogP contribution in [0, 0.1) is 13.8 Å². The third-order valence-corrected chi connectivity index (χ3v) is 5.34. The fourth-order valence-corrected chi connectivity index (χ4v) is 3.77. The predicted octanol–water partition coefficient (Wildman–Crippen LogP) is 2.67. The maximum atomic E-state index is 12.2. The molecule has 0 radical (unpaired) electrons. The van der Waals surface area contributed by atoms with Gasteiger partial charge in [0.2, 0.25) is 5.13 Å². The van der Waals surface area contributed by atoms with Gasteiger partial charge in [-0.3, -0.25) is 10.1 Å². The van der Waals surface area contributed by atoms with Gasteiger partial charge in [-0.25, -0.2) is 15.0 Å². The predicted molar refractivity (Wildman–Crippen MR) is 112 cm³/mol. The standard InChI is InChI=1S/C19H22N8OS/c1-12-9-17(23-13(2)22-12)27-7-5-15(6-8-27)24-16-4-3-14(10-20-16)18(28)25-19-26-21-11-29-19/h3-4,9-11,15H,5-8H2,1-2H3,(H,20,24)(H,25,26,28). The van der Waals surface area contributed by atoms with Crippen molar-refractivity contribution in [3.63, 3.8) is 0 Å². The highest BCUT2D eigenvalue weighted by Crippen LogP contribution is 2.21. The zero-order valence-electron chi connectivity index (χ0n) is 16.3. The van der Waals surface area contributed by atoms with Crippen molar-refractivity contribution in [3.05, 3.63) is 47.0 Å². The van der Waals surface area contributed by atoms with Crippen LogP contribution < -0.4 is 15.5 Å². The van der Waals surface area contributed by atoms with Crippen LogP contribution in [0.25, 0.3) is 0 Å². The summed E-state index contributed by atoms with van der Waals surface area (Å²) in [6, 6.07) is 5.96. The van der Waals surface area contributed by atoms with Gasteiger partial charge in [0.05, 0.1) is 5.56 Å². The molecule has 9 nitrogen and oxygen atoms in total. The number of hydrogen-bond donors (Lipinski definition) is 2. The van der Waals surface area contributed by atoms with Crippen molar-refractivity contribution < 1.29 is 4.79 Å². The number of carbonyl (C=O) groups excluding carboxylic acids is 1. The van der Waals surface area contributed by atoms with Gasteiger partial charge in [-0.2, -0.15) is 0 Å². The largest absolute Gasteiger partial charge is 0.367 e. The molecular weight excluding hydrogens is 388 g/mol. The molecule has 0 saturated carbocycles. The summed E-state index contributed by atoms with van der Waals surface area (Å²) in [5.74, 6) is 2.33. The summed E-state index contributed by atoms with van der Waals surface area (Å²) in [6.07, 6.45) is 3.55. The molecule has 1 saturated heterocycles. The van der Waals surface area contributed by atoms with Crippen molar-refractivity contribution in [2.75, 3.05) is 28.6 Å². The zero-order valence-corrected chi connectivity index (χ0v) is 17.1. The molecule has 0 aliphatic carbocycles. The Morgan fingerprint density at radius 1 is 1.21 bits per heavy atom. The highest BCUT2D eigenvalue weighted by Gasteiger charge is 2.21. The van der Waals surface area contributed by atoms with Crippen molar-refractivity contribution in [1.82, 2.24) is 25.1 Å². The molecule has 0 unspecified atom stereocenters. The van der Waals surface area contributed by atoms with Gasteiger partial charge in [-0.1, -0.05) is 11.3 Å². The van der Waals surface area contributed by atoms with Crippen LogP contribution in [0.15, 0.2) is 29.9 Å². The van der Waals surface area contributed by atoms with Crippen LogP contribution in [0.4, 0.5) is 16.8 Å². The fraction of sp³-hybridized carbons (Fsp3) is 0.368. The molecule has 1 fully saturated rings. The molecule has 4 rings (SSSR count). The Labute approximate surface area is 172 Å². The van der Waals surface area contributed by atoms with E-state index in [-0.39, 0.29) is 5.91 Å². The topological polar surface area (TPSA) is 109 Å². The SMILES string of the molecule is Cc1cc(N2CCC(Nc3ccc(C(=O)Nc4nncs4)cn3)CC2)nc(C)n1. The highest BCUT2D eigenvalue weighted by molar-refractivity contribution is 7.13. The lowest BCUT2D eigenvalue weighted by atomic mass is 10.0. The summed E-state index contributed by atoms with van der Waals surface area (Å²) in [6.45, 7) is 5.77. The molecule has 150 valence electrons. The summed E-state index contributed by atoms with van der Waals surface area (Å²) in [4.78, 5) is 27.8. The Balaban J connectivity index is 1.30. The number of pyridine rings is 1. The van der Waals surface area contributed by atoms with Gasteiger partial charge < -0.3 is 10.2 Å². The molecular formula is C19H22N8OS. The highest BCUT2D eigenvalue weighted by atomic mass is 32.1. The van der Waals surface area contributed by atoms with Crippen molar-refractivity contribution in [2.45, 2.75) is 32.7 Å². The number of rotatable bonds is 5. The maximum absolute atomic E-state index is 12.2. The molecule has 29 heavy (non-hydrogen) atoms. The Bertz CT molecular complexity index is 948. The van der Waals surface area contributed by atoms with Crippen molar-refractivity contribution in [3.8, 4) is 0 Å². The lowest BCUT2D eigenvalue weighted by Crippen LogP contribution is -2.39. The molecule has 2 N–H and O–H groups in total. The quantitative estimate of drug-likeness (QED) is 0.661. The van der Waals surface area contributed by atoms with E-state index in [1.165, 1.54) is 11.3 Å². The van der Waals surface area contributed by atoms with Crippen LogP contribution in [-0.2, 0) is 0 Å². The molecule has 4 heterocycles. The first-order chi connectivity index (χ1) is 14.1. The van der Waals surface area contributed by atoms with E-state index < -0.39 is 0 Å². The van der Waals surface area contributed by atoms with E-state index in [0.29, 0.717) is 16.7 Å². The molecule has 1 aliphatic rings. The average Bonchev–Trinajstić information content (AvgIpc) is 3.21. The molecule has 0 spiro atoms. The number of aryl methyl sites for hydroxylation is 2. The van der Waals surface area contributed by atoms with Gasteiger partial charge in [-0.05, 0) is 38.8 Å². The number of hydrogen-bond acceptors (Lipinski definition) is 9. The first-order valence-corrected chi connectivity index (χ1v) is 10.3. The smallest absolute Gasteiger partial charge is 0.259 e. The number of carbonyl (C=O) groups is 1. The Kier molecular flexibility index (Phi) is 5.61. The van der Waals surface area contributed by atoms with Crippen molar-refractivity contribution in [1.29, 1.82) is 0 Å². The first-order valence-electron chi connectivity index (χ1n) is 9.44. The Hall–Kier alpha value is -3.14. The van der Waals surface area contributed by atoms with Crippen molar-refractivity contribution in [2.24, 2.45) is 0 Å². The van der Waals surface area contributed by atoms with E-state index >= 15 is 0 Å². The normalized spacial score (nSPS) is 14.6. The molecule has 0 atom stereocenters. The van der Waals surface area contributed by atoms with Gasteiger partial charge >= 0.3 is 0 Å². The first kappa shape index (κ1) is 19.2. The van der Waals surface area contributed by atoms with Crippen LogP contribution in [0.5, 0.6) is 0 Å². The third kappa shape index (κ3) is 4.83. The summed E-state index contributed by atoms with van der Waals surface area (Å²) in [7, 11) is 0. The molecule has 0 aromatic carbocycles. The van der Waals surface area contributed by atoms with Gasteiger partial charge in [-0.15, -0.1) is 10.2 Å². The van der Waals surface area contributed by atoms with E-state index in [2.05, 4.69) is 40.7 Å². The molecule has 1 amide bonds. The van der Waals surface area contributed by atoms with E-state index in [0.717, 1.165) is 49.1 Å². The minimum absolute atomic E-state index is 0.246. The molecule has 0 bridgehead atoms. The van der Waals surface area contributed by atoms with Crippen molar-refractivity contribution >= 4 is 34.0 Å². The monoisotopic (exact) mass is 410 g/mol. The molecule has 10 heteroatoms. The lowest BCUT2D eigenvalue weighted by molar-refractivity contribution is 0.102. The molecule has 3 aromatic heterocycles. The fourth-order valence-electron chi connectivity index (χ4n) is 3.33. The number of amides is 1. The number of nitrogens with one attached hydrogen (secondary N) is 2. The summed E-state index contributed by atoms with van der Waals surface area (Å²) in [5.41, 5.74) is 3.04. The maximum Gasteiger partial charge on any atom is 0.259 e. The van der Waals surface area contributed by atoms with Gasteiger partial charge in [0.1, 0.15) is 23.0 Å². The third-order valence-electron chi connectivity index (χ3n) is 4.73. The number of anilines is 3. The second-order valence-electron chi connectivity index (χ2n) is 6.95. The summed E-state index contributed by atoms with van der Waals surface area (Å²) >= 11 is 1.27. The van der Waals surface area contributed by atoms with E-state index in [1.807, 2.05) is 26.0 Å². The van der Waals surface area contributed by atoms with Crippen LogP contribution in [0.3, 0.4) is 0 Å². The minimum Gasteiger partial charge on any atom is -0.367 e. The van der Waals surface area contributed by atoms with Crippen LogP contribution in [0.1, 0.15) is 34.7 Å². The zero-order chi connectivity index (χ0) is 20.2. The molecule has 3 aromatic rings. The second-order valence-corrected chi connectivity index (χ2v) is 7.78. The van der Waals surface area contributed by atoms with Crippen LogP contribution >= 0.6 is 11.3 Å². The van der Waals surface area contributed by atoms with Gasteiger partial charge in [0.25, 0.3) is 5.91 Å². The Morgan fingerprint density at radius 3 is 2.69 bits per heavy atom. The van der Waals surface area contributed by atoms with E-state index in [4.69, 9.17) is 0 Å². The van der Waals surface area contributed by atoms with Crippen LogP contribution in [-0.4, -0.2) is 50.2 Å². The van der Waals surface area contributed by atoms with Gasteiger partial charge in [0.15, 0.2) is 0 Å². The van der Waals surface area contributed by atoms with E-state index in [1.54, 1.807) is 17.8 Å². The number of aromatic nitrogens is 5. The summed E-state index contributed by atoms with van der Waals surface area (Å²) < 4.78 is 0. The van der Waals surface area contributed by atoms with E-state index in [9.17, 15) is 4.79 Å². The Morgan fingerprint density at radius 2 is 2.03 bits per heavy atom. The van der Waals surface area contributed by atoms with Gasteiger partial charge in [0, 0.05) is 37.1 Å². The van der Waals surface area contributed by atoms with Crippen LogP contribution in [0.2, 0.25) is 0 Å². The lowest BCUT2D eigenvalue weighted by Gasteiger charge is -2.33.